The number of carbonyl (C=O) groups excluding carboxylic acids is 1. The quantitative estimate of drug-likeness (QED) is 0.923. The van der Waals surface area contributed by atoms with Crippen molar-refractivity contribution in [2.75, 3.05) is 13.7 Å². The molecule has 1 aromatic carbocycles. The van der Waals surface area contributed by atoms with E-state index in [4.69, 9.17) is 16.3 Å². The molecule has 6 heteroatoms. The summed E-state index contributed by atoms with van der Waals surface area (Å²) in [5, 5.41) is 4.34. The zero-order valence-corrected chi connectivity index (χ0v) is 12.8. The second kappa shape index (κ2) is 6.83. The first kappa shape index (κ1) is 15.0. The van der Waals surface area contributed by atoms with Crippen LogP contribution in [0.4, 0.5) is 0 Å². The van der Waals surface area contributed by atoms with Crippen molar-refractivity contribution >= 4 is 28.8 Å². The van der Waals surface area contributed by atoms with E-state index in [0.29, 0.717) is 11.6 Å². The Morgan fingerprint density at radius 3 is 2.75 bits per heavy atom. The Bertz CT molecular complexity index is 596. The summed E-state index contributed by atoms with van der Waals surface area (Å²) >= 11 is 7.46. The van der Waals surface area contributed by atoms with Gasteiger partial charge in [0.1, 0.15) is 11.6 Å². The largest absolute Gasteiger partial charge is 0.375 e. The molecular weight excluding hydrogens is 296 g/mol. The molecule has 1 aromatic heterocycles. The molecule has 106 valence electrons. The van der Waals surface area contributed by atoms with Crippen molar-refractivity contribution in [3.05, 3.63) is 39.2 Å². The Morgan fingerprint density at radius 2 is 2.10 bits per heavy atom. The maximum atomic E-state index is 11.3. The number of rotatable bonds is 5. The molecule has 0 spiro atoms. The van der Waals surface area contributed by atoms with E-state index in [0.717, 1.165) is 21.1 Å². The molecule has 0 fully saturated rings. The zero-order valence-electron chi connectivity index (χ0n) is 11.3. The van der Waals surface area contributed by atoms with E-state index >= 15 is 0 Å². The molecule has 2 aromatic rings. The molecular formula is C14H15ClN2O2S. The number of nitrogens with one attached hydrogen (secondary N) is 1. The van der Waals surface area contributed by atoms with Crippen molar-refractivity contribution in [3.8, 4) is 11.3 Å². The van der Waals surface area contributed by atoms with E-state index in [9.17, 15) is 4.79 Å². The number of benzene rings is 1. The molecule has 0 aliphatic rings. The lowest BCUT2D eigenvalue weighted by molar-refractivity contribution is -0.124. The summed E-state index contributed by atoms with van der Waals surface area (Å²) < 4.78 is 4.76. The predicted molar refractivity (Wildman–Crippen MR) is 81.0 cm³/mol. The van der Waals surface area contributed by atoms with Crippen LogP contribution in [0.1, 0.15) is 9.88 Å². The van der Waals surface area contributed by atoms with Crippen LogP contribution < -0.4 is 5.32 Å². The normalized spacial score (nSPS) is 10.6. The van der Waals surface area contributed by atoms with Crippen molar-refractivity contribution in [1.29, 1.82) is 0 Å². The highest BCUT2D eigenvalue weighted by Crippen LogP contribution is 2.28. The van der Waals surface area contributed by atoms with E-state index < -0.39 is 0 Å². The summed E-state index contributed by atoms with van der Waals surface area (Å²) in [6.07, 6.45) is 0. The van der Waals surface area contributed by atoms with E-state index in [2.05, 4.69) is 10.3 Å². The van der Waals surface area contributed by atoms with E-state index in [1.54, 1.807) is 11.3 Å². The molecule has 20 heavy (non-hydrogen) atoms. The number of hydrogen-bond acceptors (Lipinski definition) is 4. The summed E-state index contributed by atoms with van der Waals surface area (Å²) in [4.78, 5) is 17.0. The Labute approximate surface area is 126 Å². The highest BCUT2D eigenvalue weighted by molar-refractivity contribution is 7.12. The SMILES string of the molecule is COCC(=O)NCc1nc(-c2ccc(Cl)cc2)c(C)s1. The van der Waals surface area contributed by atoms with Gasteiger partial charge in [-0.25, -0.2) is 4.98 Å². The van der Waals surface area contributed by atoms with Gasteiger partial charge in [0.15, 0.2) is 0 Å². The van der Waals surface area contributed by atoms with Crippen molar-refractivity contribution in [1.82, 2.24) is 10.3 Å². The average molecular weight is 311 g/mol. The summed E-state index contributed by atoms with van der Waals surface area (Å²) in [5.41, 5.74) is 1.96. The number of aromatic nitrogens is 1. The molecule has 2 rings (SSSR count). The van der Waals surface area contributed by atoms with Crippen LogP contribution in [0.15, 0.2) is 24.3 Å². The molecule has 0 saturated heterocycles. The van der Waals surface area contributed by atoms with Crippen LogP contribution in [-0.4, -0.2) is 24.6 Å². The third kappa shape index (κ3) is 3.79. The number of nitrogens with zero attached hydrogens (tertiary/aromatic N) is 1. The molecule has 1 amide bonds. The Hall–Kier alpha value is -1.43. The van der Waals surface area contributed by atoms with E-state index in [-0.39, 0.29) is 12.5 Å². The Kier molecular flexibility index (Phi) is 5.11. The highest BCUT2D eigenvalue weighted by Gasteiger charge is 2.10. The molecule has 1 N–H and O–H groups in total. The summed E-state index contributed by atoms with van der Waals surface area (Å²) in [5.74, 6) is -0.145. The minimum atomic E-state index is -0.145. The van der Waals surface area contributed by atoms with E-state index in [1.807, 2.05) is 31.2 Å². The number of amides is 1. The maximum absolute atomic E-state index is 11.3. The number of ether oxygens (including phenoxy) is 1. The van der Waals surface area contributed by atoms with Crippen LogP contribution in [0.5, 0.6) is 0 Å². The Morgan fingerprint density at radius 1 is 1.40 bits per heavy atom. The number of carbonyl (C=O) groups is 1. The second-order valence-electron chi connectivity index (χ2n) is 4.23. The summed E-state index contributed by atoms with van der Waals surface area (Å²) in [7, 11) is 1.49. The van der Waals surface area contributed by atoms with Gasteiger partial charge < -0.3 is 10.1 Å². The molecule has 0 saturated carbocycles. The average Bonchev–Trinajstić information content (AvgIpc) is 2.79. The predicted octanol–water partition coefficient (Wildman–Crippen LogP) is 3.03. The number of halogens is 1. The minimum Gasteiger partial charge on any atom is -0.375 e. The minimum absolute atomic E-state index is 0.0639. The molecule has 0 radical (unpaired) electrons. The van der Waals surface area contributed by atoms with Gasteiger partial charge in [0, 0.05) is 22.6 Å². The van der Waals surface area contributed by atoms with Gasteiger partial charge in [0.25, 0.3) is 0 Å². The number of aryl methyl sites for hydroxylation is 1. The third-order valence-electron chi connectivity index (χ3n) is 2.67. The highest BCUT2D eigenvalue weighted by atomic mass is 35.5. The standard InChI is InChI=1S/C14H15ClN2O2S/c1-9-14(10-3-5-11(15)6-4-10)17-13(20-9)7-16-12(18)8-19-2/h3-6H,7-8H2,1-2H3,(H,16,18). The van der Waals surface area contributed by atoms with Gasteiger partial charge in [-0.1, -0.05) is 23.7 Å². The van der Waals surface area contributed by atoms with Crippen LogP contribution in [0.3, 0.4) is 0 Å². The summed E-state index contributed by atoms with van der Waals surface area (Å²) in [6.45, 7) is 2.50. The number of methoxy groups -OCH3 is 1. The summed E-state index contributed by atoms with van der Waals surface area (Å²) in [6, 6.07) is 7.57. The van der Waals surface area contributed by atoms with Crippen molar-refractivity contribution < 1.29 is 9.53 Å². The molecule has 0 atom stereocenters. The fourth-order valence-corrected chi connectivity index (χ4v) is 2.78. The third-order valence-corrected chi connectivity index (χ3v) is 3.89. The lowest BCUT2D eigenvalue weighted by Crippen LogP contribution is -2.26. The monoisotopic (exact) mass is 310 g/mol. The van der Waals surface area contributed by atoms with Crippen molar-refractivity contribution in [2.45, 2.75) is 13.5 Å². The van der Waals surface area contributed by atoms with Gasteiger partial charge in [-0.3, -0.25) is 4.79 Å². The van der Waals surface area contributed by atoms with Gasteiger partial charge in [0.05, 0.1) is 12.2 Å². The Balaban J connectivity index is 2.09. The fraction of sp³-hybridized carbons (Fsp3) is 0.286. The molecule has 4 nitrogen and oxygen atoms in total. The van der Waals surface area contributed by atoms with Gasteiger partial charge >= 0.3 is 0 Å². The van der Waals surface area contributed by atoms with Gasteiger partial charge in [-0.05, 0) is 19.1 Å². The molecule has 0 aliphatic carbocycles. The second-order valence-corrected chi connectivity index (χ2v) is 5.95. The van der Waals surface area contributed by atoms with Crippen molar-refractivity contribution in [3.63, 3.8) is 0 Å². The lowest BCUT2D eigenvalue weighted by atomic mass is 10.1. The molecule has 1 heterocycles. The fourth-order valence-electron chi connectivity index (χ4n) is 1.76. The van der Waals surface area contributed by atoms with Crippen LogP contribution in [0, 0.1) is 6.92 Å². The topological polar surface area (TPSA) is 51.2 Å². The molecule has 0 bridgehead atoms. The van der Waals surface area contributed by atoms with Crippen molar-refractivity contribution in [2.24, 2.45) is 0 Å². The molecule has 0 unspecified atom stereocenters. The van der Waals surface area contributed by atoms with Crippen LogP contribution in [-0.2, 0) is 16.1 Å². The first-order chi connectivity index (χ1) is 9.60. The van der Waals surface area contributed by atoms with Gasteiger partial charge in [-0.15, -0.1) is 11.3 Å². The maximum Gasteiger partial charge on any atom is 0.246 e. The zero-order chi connectivity index (χ0) is 14.5. The van der Waals surface area contributed by atoms with Gasteiger partial charge in [-0.2, -0.15) is 0 Å². The number of thiazole rings is 1. The van der Waals surface area contributed by atoms with Crippen LogP contribution in [0.2, 0.25) is 5.02 Å². The molecule has 0 aliphatic heterocycles. The van der Waals surface area contributed by atoms with E-state index in [1.165, 1.54) is 7.11 Å². The first-order valence-corrected chi connectivity index (χ1v) is 7.27. The van der Waals surface area contributed by atoms with Crippen LogP contribution >= 0.6 is 22.9 Å². The first-order valence-electron chi connectivity index (χ1n) is 6.08. The lowest BCUT2D eigenvalue weighted by Gasteiger charge is -2.01. The number of hydrogen-bond donors (Lipinski definition) is 1. The van der Waals surface area contributed by atoms with Gasteiger partial charge in [0.2, 0.25) is 5.91 Å². The smallest absolute Gasteiger partial charge is 0.246 e. The van der Waals surface area contributed by atoms with Crippen LogP contribution in [0.25, 0.3) is 11.3 Å².